The second kappa shape index (κ2) is 9.53. The lowest BCUT2D eigenvalue weighted by Gasteiger charge is -2.13. The van der Waals surface area contributed by atoms with Crippen LogP contribution in [0, 0.1) is 0 Å². The molecule has 0 unspecified atom stereocenters. The number of benzene rings is 2. The molecule has 5 nitrogen and oxygen atoms in total. The van der Waals surface area contributed by atoms with Crippen molar-refractivity contribution in [3.05, 3.63) is 79.7 Å². The van der Waals surface area contributed by atoms with Crippen LogP contribution in [-0.4, -0.2) is 30.9 Å². The van der Waals surface area contributed by atoms with Gasteiger partial charge in [0, 0.05) is 20.1 Å². The van der Waals surface area contributed by atoms with Gasteiger partial charge in [-0.2, -0.15) is 0 Å². The molecule has 3 rings (SSSR count). The monoisotopic (exact) mass is 532 g/mol. The van der Waals surface area contributed by atoms with Gasteiger partial charge in [-0.05, 0) is 49.2 Å². The third-order valence-corrected chi connectivity index (χ3v) is 5.49. The number of ketones is 1. The van der Waals surface area contributed by atoms with Gasteiger partial charge in [-0.3, -0.25) is 4.79 Å². The fourth-order valence-corrected chi connectivity index (χ4v) is 3.74. The molecule has 0 saturated carbocycles. The largest absolute Gasteiger partial charge is 0.462 e. The first-order valence-corrected chi connectivity index (χ1v) is 10.9. The molecule has 0 fully saturated rings. The van der Waals surface area contributed by atoms with Gasteiger partial charge in [0.1, 0.15) is 11.1 Å². The van der Waals surface area contributed by atoms with E-state index in [1.807, 2.05) is 0 Å². The molecule has 0 aromatic heterocycles. The summed E-state index contributed by atoms with van der Waals surface area (Å²) >= 11 is 6.78. The van der Waals surface area contributed by atoms with Gasteiger partial charge in [-0.15, -0.1) is 0 Å². The molecule has 0 atom stereocenters. The summed E-state index contributed by atoms with van der Waals surface area (Å²) in [5.41, 5.74) is 1.62. The molecule has 0 spiro atoms. The summed E-state index contributed by atoms with van der Waals surface area (Å²) in [5.74, 6) is -2.23. The number of Topliss-reactive ketones (excluding diaryl/α,β-unsaturated/α-hetero) is 1. The third kappa shape index (κ3) is 4.32. The van der Waals surface area contributed by atoms with Crippen LogP contribution in [-0.2, 0) is 23.9 Å². The van der Waals surface area contributed by atoms with E-state index in [9.17, 15) is 14.4 Å². The van der Waals surface area contributed by atoms with Gasteiger partial charge in [0.2, 0.25) is 5.78 Å². The van der Waals surface area contributed by atoms with Crippen molar-refractivity contribution in [2.24, 2.45) is 0 Å². The van der Waals surface area contributed by atoms with Gasteiger partial charge in [-0.1, -0.05) is 56.1 Å². The van der Waals surface area contributed by atoms with Crippen molar-refractivity contribution in [3.63, 3.8) is 0 Å². The number of halogens is 2. The molecule has 2 aromatic rings. The molecule has 7 heteroatoms. The first kappa shape index (κ1) is 22.2. The van der Waals surface area contributed by atoms with E-state index in [-0.39, 0.29) is 24.4 Å². The van der Waals surface area contributed by atoms with Gasteiger partial charge < -0.3 is 9.47 Å². The Bertz CT molecular complexity index is 978. The lowest BCUT2D eigenvalue weighted by atomic mass is 9.91. The molecule has 30 heavy (non-hydrogen) atoms. The number of ether oxygens (including phenoxy) is 2. The Hall–Kier alpha value is -2.51. The van der Waals surface area contributed by atoms with Crippen LogP contribution in [0.2, 0.25) is 0 Å². The number of hydrogen-bond donors (Lipinski definition) is 0. The average molecular weight is 534 g/mol. The minimum atomic E-state index is -0.769. The van der Waals surface area contributed by atoms with Crippen LogP contribution in [0.1, 0.15) is 25.0 Å². The summed E-state index contributed by atoms with van der Waals surface area (Å²) in [4.78, 5) is 38.8. The fourth-order valence-electron chi connectivity index (χ4n) is 3.21. The van der Waals surface area contributed by atoms with E-state index in [2.05, 4.69) is 31.9 Å². The molecular weight excluding hydrogens is 516 g/mol. The zero-order chi connectivity index (χ0) is 21.8. The summed E-state index contributed by atoms with van der Waals surface area (Å²) in [6, 6.07) is 14.3. The molecule has 0 bridgehead atoms. The standard InChI is InChI=1S/C23H18Br2O5/c1-3-29-22(27)19-17(13-5-9-15(24)10-6-13)18(14-7-11-16(25)12-8-14)20(21(19)26)23(28)30-4-2/h5-12H,3-4H2,1-2H3. The topological polar surface area (TPSA) is 69.7 Å². The minimum Gasteiger partial charge on any atom is -0.462 e. The summed E-state index contributed by atoms with van der Waals surface area (Å²) in [7, 11) is 0. The maximum atomic E-state index is 13.3. The Balaban J connectivity index is 2.34. The maximum absolute atomic E-state index is 13.3. The van der Waals surface area contributed by atoms with Crippen molar-refractivity contribution >= 4 is 60.7 Å². The zero-order valence-electron chi connectivity index (χ0n) is 16.3. The van der Waals surface area contributed by atoms with E-state index >= 15 is 0 Å². The highest BCUT2D eigenvalue weighted by molar-refractivity contribution is 9.10. The number of carbonyl (C=O) groups is 3. The van der Waals surface area contributed by atoms with Crippen molar-refractivity contribution in [3.8, 4) is 0 Å². The number of rotatable bonds is 6. The lowest BCUT2D eigenvalue weighted by Crippen LogP contribution is -2.20. The highest BCUT2D eigenvalue weighted by atomic mass is 79.9. The molecule has 154 valence electrons. The van der Waals surface area contributed by atoms with Crippen molar-refractivity contribution in [1.82, 2.24) is 0 Å². The van der Waals surface area contributed by atoms with E-state index in [0.717, 1.165) is 8.95 Å². The second-order valence-corrected chi connectivity index (χ2v) is 8.12. The lowest BCUT2D eigenvalue weighted by molar-refractivity contribution is -0.140. The molecule has 0 N–H and O–H groups in total. The first-order chi connectivity index (χ1) is 14.4. The van der Waals surface area contributed by atoms with Gasteiger partial charge in [-0.25, -0.2) is 9.59 Å². The Morgan fingerprint density at radius 3 is 1.33 bits per heavy atom. The molecule has 0 amide bonds. The molecule has 0 radical (unpaired) electrons. The summed E-state index contributed by atoms with van der Waals surface area (Å²) in [5, 5.41) is 0. The van der Waals surface area contributed by atoms with E-state index in [1.165, 1.54) is 0 Å². The number of hydrogen-bond acceptors (Lipinski definition) is 5. The van der Waals surface area contributed by atoms with Crippen LogP contribution >= 0.6 is 31.9 Å². The van der Waals surface area contributed by atoms with E-state index in [4.69, 9.17) is 9.47 Å². The fraction of sp³-hybridized carbons (Fsp3) is 0.174. The Labute approximate surface area is 191 Å². The molecule has 1 aliphatic rings. The molecule has 0 heterocycles. The summed E-state index contributed by atoms with van der Waals surface area (Å²) in [6.45, 7) is 3.52. The molecule has 1 aliphatic carbocycles. The maximum Gasteiger partial charge on any atom is 0.342 e. The number of esters is 2. The highest BCUT2D eigenvalue weighted by Gasteiger charge is 2.42. The van der Waals surface area contributed by atoms with Gasteiger partial charge in [0.25, 0.3) is 0 Å². The van der Waals surface area contributed by atoms with Crippen molar-refractivity contribution < 1.29 is 23.9 Å². The highest BCUT2D eigenvalue weighted by Crippen LogP contribution is 2.44. The van der Waals surface area contributed by atoms with E-state index in [0.29, 0.717) is 22.3 Å². The van der Waals surface area contributed by atoms with Crippen LogP contribution in [0.3, 0.4) is 0 Å². The molecule has 2 aromatic carbocycles. The Morgan fingerprint density at radius 2 is 1.03 bits per heavy atom. The SMILES string of the molecule is CCOC(=O)C1=C(c2ccc(Br)cc2)C(c2ccc(Br)cc2)=C(C(=O)OCC)C1=O. The summed E-state index contributed by atoms with van der Waals surface area (Å²) in [6.07, 6.45) is 0. The van der Waals surface area contributed by atoms with Crippen LogP contribution in [0.25, 0.3) is 11.1 Å². The van der Waals surface area contributed by atoms with Crippen LogP contribution in [0.15, 0.2) is 68.6 Å². The van der Waals surface area contributed by atoms with Crippen molar-refractivity contribution in [1.29, 1.82) is 0 Å². The van der Waals surface area contributed by atoms with Gasteiger partial charge >= 0.3 is 11.9 Å². The smallest absolute Gasteiger partial charge is 0.342 e. The summed E-state index contributed by atoms with van der Waals surface area (Å²) < 4.78 is 12.0. The normalized spacial score (nSPS) is 13.7. The predicted molar refractivity (Wildman–Crippen MR) is 120 cm³/mol. The third-order valence-electron chi connectivity index (χ3n) is 4.43. The molecule has 0 saturated heterocycles. The van der Waals surface area contributed by atoms with E-state index < -0.39 is 17.7 Å². The van der Waals surface area contributed by atoms with Gasteiger partial charge in [0.15, 0.2) is 0 Å². The molecule has 0 aliphatic heterocycles. The van der Waals surface area contributed by atoms with Gasteiger partial charge in [0.05, 0.1) is 13.2 Å². The second-order valence-electron chi connectivity index (χ2n) is 6.28. The van der Waals surface area contributed by atoms with Crippen LogP contribution in [0.4, 0.5) is 0 Å². The number of allylic oxidation sites excluding steroid dienone is 2. The van der Waals surface area contributed by atoms with Crippen molar-refractivity contribution in [2.75, 3.05) is 13.2 Å². The van der Waals surface area contributed by atoms with Crippen LogP contribution < -0.4 is 0 Å². The Kier molecular flexibility index (Phi) is 7.05. The zero-order valence-corrected chi connectivity index (χ0v) is 19.5. The Morgan fingerprint density at radius 1 is 0.700 bits per heavy atom. The minimum absolute atomic E-state index is 0.103. The quantitative estimate of drug-likeness (QED) is 0.380. The average Bonchev–Trinajstić information content (AvgIpc) is 3.02. The molecular formula is C23H18Br2O5. The van der Waals surface area contributed by atoms with Crippen molar-refractivity contribution in [2.45, 2.75) is 13.8 Å². The number of carbonyl (C=O) groups excluding carboxylic acids is 3. The first-order valence-electron chi connectivity index (χ1n) is 9.28. The van der Waals surface area contributed by atoms with Crippen LogP contribution in [0.5, 0.6) is 0 Å². The predicted octanol–water partition coefficient (Wildman–Crippen LogP) is 5.13. The van der Waals surface area contributed by atoms with E-state index in [1.54, 1.807) is 62.4 Å².